The summed E-state index contributed by atoms with van der Waals surface area (Å²) < 4.78 is 32.2. The standard InChI is InChI=1S/C16H26N2O3S/c1-21-12-9-14-4-6-16(7-5-14)22(19,20)18-11-8-15-3-2-10-17-13-15/h4-7,15,17-18H,2-3,8-13H2,1H3. The first kappa shape index (κ1) is 17.4. The van der Waals surface area contributed by atoms with Gasteiger partial charge in [-0.2, -0.15) is 0 Å². The van der Waals surface area contributed by atoms with Crippen LogP contribution in [-0.4, -0.2) is 41.8 Å². The fourth-order valence-corrected chi connectivity index (χ4v) is 3.75. The first-order valence-corrected chi connectivity index (χ1v) is 9.38. The monoisotopic (exact) mass is 326 g/mol. The molecule has 0 spiro atoms. The van der Waals surface area contributed by atoms with Crippen LogP contribution in [0.2, 0.25) is 0 Å². The number of benzene rings is 1. The summed E-state index contributed by atoms with van der Waals surface area (Å²) in [4.78, 5) is 0.329. The van der Waals surface area contributed by atoms with Crippen molar-refractivity contribution in [2.24, 2.45) is 5.92 Å². The van der Waals surface area contributed by atoms with E-state index in [0.717, 1.165) is 31.5 Å². The van der Waals surface area contributed by atoms with Gasteiger partial charge in [-0.1, -0.05) is 12.1 Å². The van der Waals surface area contributed by atoms with Gasteiger partial charge >= 0.3 is 0 Å². The average Bonchev–Trinajstić information content (AvgIpc) is 2.54. The molecule has 22 heavy (non-hydrogen) atoms. The maximum Gasteiger partial charge on any atom is 0.240 e. The van der Waals surface area contributed by atoms with Crippen molar-refractivity contribution in [2.75, 3.05) is 33.4 Å². The van der Waals surface area contributed by atoms with Gasteiger partial charge in [0, 0.05) is 13.7 Å². The molecule has 0 bridgehead atoms. The van der Waals surface area contributed by atoms with Gasteiger partial charge in [-0.25, -0.2) is 13.1 Å². The molecule has 1 heterocycles. The molecule has 2 N–H and O–H groups in total. The van der Waals surface area contributed by atoms with E-state index in [1.54, 1.807) is 19.2 Å². The Bertz CT molecular complexity index is 537. The third kappa shape index (κ3) is 5.35. The van der Waals surface area contributed by atoms with Crippen LogP contribution in [0.1, 0.15) is 24.8 Å². The Hall–Kier alpha value is -0.950. The first-order valence-electron chi connectivity index (χ1n) is 7.90. The van der Waals surface area contributed by atoms with Gasteiger partial charge in [0.1, 0.15) is 0 Å². The Labute approximate surface area is 133 Å². The summed E-state index contributed by atoms with van der Waals surface area (Å²) in [5.41, 5.74) is 1.08. The van der Waals surface area contributed by atoms with Crippen LogP contribution in [0, 0.1) is 5.92 Å². The molecule has 124 valence electrons. The van der Waals surface area contributed by atoms with Gasteiger partial charge in [0.25, 0.3) is 0 Å². The summed E-state index contributed by atoms with van der Waals surface area (Å²) in [6, 6.07) is 7.02. The minimum Gasteiger partial charge on any atom is -0.384 e. The normalized spacial score (nSPS) is 19.2. The molecule has 0 saturated carbocycles. The van der Waals surface area contributed by atoms with Crippen molar-refractivity contribution in [3.8, 4) is 0 Å². The highest BCUT2D eigenvalue weighted by molar-refractivity contribution is 7.89. The third-order valence-corrected chi connectivity index (χ3v) is 5.55. The molecule has 1 aliphatic heterocycles. The quantitative estimate of drug-likeness (QED) is 0.760. The largest absolute Gasteiger partial charge is 0.384 e. The molecule has 1 fully saturated rings. The van der Waals surface area contributed by atoms with Gasteiger partial charge in [-0.05, 0) is 62.4 Å². The maximum atomic E-state index is 12.2. The highest BCUT2D eigenvalue weighted by Gasteiger charge is 2.16. The van der Waals surface area contributed by atoms with E-state index in [1.165, 1.54) is 12.8 Å². The summed E-state index contributed by atoms with van der Waals surface area (Å²) in [5.74, 6) is 0.577. The van der Waals surface area contributed by atoms with E-state index >= 15 is 0 Å². The van der Waals surface area contributed by atoms with Crippen LogP contribution in [0.15, 0.2) is 29.2 Å². The molecule has 0 amide bonds. The van der Waals surface area contributed by atoms with E-state index in [2.05, 4.69) is 10.0 Å². The smallest absolute Gasteiger partial charge is 0.240 e. The topological polar surface area (TPSA) is 67.4 Å². The van der Waals surface area contributed by atoms with Crippen molar-refractivity contribution in [3.05, 3.63) is 29.8 Å². The summed E-state index contributed by atoms with van der Waals surface area (Å²) in [7, 11) is -1.74. The fraction of sp³-hybridized carbons (Fsp3) is 0.625. The molecule has 1 aliphatic rings. The van der Waals surface area contributed by atoms with Crippen molar-refractivity contribution in [1.29, 1.82) is 0 Å². The Morgan fingerprint density at radius 2 is 2.09 bits per heavy atom. The number of rotatable bonds is 8. The van der Waals surface area contributed by atoms with Crippen molar-refractivity contribution in [3.63, 3.8) is 0 Å². The lowest BCUT2D eigenvalue weighted by atomic mass is 9.96. The number of sulfonamides is 1. The van der Waals surface area contributed by atoms with Gasteiger partial charge in [-0.15, -0.1) is 0 Å². The second kappa shape index (κ2) is 8.62. The van der Waals surface area contributed by atoms with Crippen molar-refractivity contribution >= 4 is 10.0 Å². The molecule has 1 aromatic carbocycles. The minimum atomic E-state index is -3.40. The van der Waals surface area contributed by atoms with Crippen molar-refractivity contribution < 1.29 is 13.2 Å². The lowest BCUT2D eigenvalue weighted by Gasteiger charge is -2.22. The maximum absolute atomic E-state index is 12.2. The van der Waals surface area contributed by atoms with Crippen LogP contribution in [0.25, 0.3) is 0 Å². The molecular weight excluding hydrogens is 300 g/mol. The van der Waals surface area contributed by atoms with Crippen LogP contribution in [0.5, 0.6) is 0 Å². The molecule has 0 aliphatic carbocycles. The van der Waals surface area contributed by atoms with E-state index < -0.39 is 10.0 Å². The highest BCUT2D eigenvalue weighted by atomic mass is 32.2. The SMILES string of the molecule is COCCc1ccc(S(=O)(=O)NCCC2CCCNC2)cc1. The van der Waals surface area contributed by atoms with Crippen LogP contribution in [-0.2, 0) is 21.2 Å². The number of hydrogen-bond acceptors (Lipinski definition) is 4. The average molecular weight is 326 g/mol. The van der Waals surface area contributed by atoms with Crippen molar-refractivity contribution in [1.82, 2.24) is 10.0 Å². The molecule has 1 atom stereocenters. The zero-order chi connectivity index (χ0) is 15.8. The lowest BCUT2D eigenvalue weighted by molar-refractivity contribution is 0.202. The van der Waals surface area contributed by atoms with E-state index in [4.69, 9.17) is 4.74 Å². The highest BCUT2D eigenvalue weighted by Crippen LogP contribution is 2.15. The zero-order valence-corrected chi connectivity index (χ0v) is 14.0. The molecule has 1 saturated heterocycles. The van der Waals surface area contributed by atoms with Gasteiger partial charge in [0.2, 0.25) is 10.0 Å². The molecular formula is C16H26N2O3S. The van der Waals surface area contributed by atoms with E-state index in [9.17, 15) is 8.42 Å². The van der Waals surface area contributed by atoms with E-state index in [0.29, 0.717) is 24.0 Å². The van der Waals surface area contributed by atoms with Crippen LogP contribution >= 0.6 is 0 Å². The van der Waals surface area contributed by atoms with Crippen molar-refractivity contribution in [2.45, 2.75) is 30.6 Å². The Morgan fingerprint density at radius 1 is 1.32 bits per heavy atom. The minimum absolute atomic E-state index is 0.329. The summed E-state index contributed by atoms with van der Waals surface area (Å²) >= 11 is 0. The number of ether oxygens (including phenoxy) is 1. The van der Waals surface area contributed by atoms with Crippen LogP contribution < -0.4 is 10.0 Å². The molecule has 0 radical (unpaired) electrons. The second-order valence-electron chi connectivity index (χ2n) is 5.79. The van der Waals surface area contributed by atoms with Gasteiger partial charge < -0.3 is 10.1 Å². The predicted molar refractivity (Wildman–Crippen MR) is 87.4 cm³/mol. The third-order valence-electron chi connectivity index (χ3n) is 4.07. The number of methoxy groups -OCH3 is 1. The summed E-state index contributed by atoms with van der Waals surface area (Å²) in [6.45, 7) is 3.22. The van der Waals surface area contributed by atoms with Gasteiger partial charge in [0.05, 0.1) is 11.5 Å². The number of hydrogen-bond donors (Lipinski definition) is 2. The Morgan fingerprint density at radius 3 is 2.73 bits per heavy atom. The van der Waals surface area contributed by atoms with Crippen LogP contribution in [0.3, 0.4) is 0 Å². The molecule has 2 rings (SSSR count). The molecule has 0 aromatic heterocycles. The molecule has 5 nitrogen and oxygen atoms in total. The van der Waals surface area contributed by atoms with E-state index in [1.807, 2.05) is 12.1 Å². The fourth-order valence-electron chi connectivity index (χ4n) is 2.71. The lowest BCUT2D eigenvalue weighted by Crippen LogP contribution is -2.33. The van der Waals surface area contributed by atoms with Crippen LogP contribution in [0.4, 0.5) is 0 Å². The number of nitrogens with one attached hydrogen (secondary N) is 2. The zero-order valence-electron chi connectivity index (χ0n) is 13.2. The van der Waals surface area contributed by atoms with E-state index in [-0.39, 0.29) is 0 Å². The Balaban J connectivity index is 1.83. The van der Waals surface area contributed by atoms with Gasteiger partial charge in [0.15, 0.2) is 0 Å². The molecule has 1 unspecified atom stereocenters. The van der Waals surface area contributed by atoms with Gasteiger partial charge in [-0.3, -0.25) is 0 Å². The first-order chi connectivity index (χ1) is 10.6. The molecule has 1 aromatic rings. The summed E-state index contributed by atoms with van der Waals surface area (Å²) in [5, 5.41) is 3.35. The summed E-state index contributed by atoms with van der Waals surface area (Å²) in [6.07, 6.45) is 4.04. The second-order valence-corrected chi connectivity index (χ2v) is 7.55. The number of piperidine rings is 1. The Kier molecular flexibility index (Phi) is 6.82. The molecule has 6 heteroatoms. The predicted octanol–water partition coefficient (Wildman–Crippen LogP) is 1.54.